The fraction of sp³-hybridized carbons (Fsp3) is 0.545. The fourth-order valence-electron chi connectivity index (χ4n) is 1.84. The molecule has 1 saturated heterocycles. The number of β-amino-alcohol motifs (C(OH)–C–C–N with tert-alkyl or cyclic N) is 1. The molecular formula is C11H16N2O. The van der Waals surface area contributed by atoms with Gasteiger partial charge in [0, 0.05) is 18.8 Å². The van der Waals surface area contributed by atoms with E-state index in [4.69, 9.17) is 0 Å². The van der Waals surface area contributed by atoms with Crippen molar-refractivity contribution < 1.29 is 5.11 Å². The van der Waals surface area contributed by atoms with Gasteiger partial charge in [-0.05, 0) is 31.9 Å². The lowest BCUT2D eigenvalue weighted by atomic mass is 10.1. The number of pyridine rings is 1. The summed E-state index contributed by atoms with van der Waals surface area (Å²) in [5.41, 5.74) is 2.15. The van der Waals surface area contributed by atoms with Gasteiger partial charge in [0.15, 0.2) is 0 Å². The first kappa shape index (κ1) is 9.46. The molecule has 1 aromatic heterocycles. The van der Waals surface area contributed by atoms with Crippen molar-refractivity contribution in [2.75, 3.05) is 18.0 Å². The Hall–Kier alpha value is -1.09. The van der Waals surface area contributed by atoms with E-state index in [2.05, 4.69) is 16.0 Å². The Kier molecular flexibility index (Phi) is 2.68. The highest BCUT2D eigenvalue weighted by atomic mass is 16.3. The highest BCUT2D eigenvalue weighted by Crippen LogP contribution is 2.18. The Bertz CT molecular complexity index is 297. The van der Waals surface area contributed by atoms with Crippen molar-refractivity contribution in [1.29, 1.82) is 0 Å². The number of hydrogen-bond donors (Lipinski definition) is 1. The Morgan fingerprint density at radius 3 is 3.00 bits per heavy atom. The van der Waals surface area contributed by atoms with Gasteiger partial charge in [-0.1, -0.05) is 0 Å². The molecule has 1 atom stereocenters. The van der Waals surface area contributed by atoms with Crippen LogP contribution in [0.4, 0.5) is 5.69 Å². The van der Waals surface area contributed by atoms with Crippen LogP contribution >= 0.6 is 0 Å². The summed E-state index contributed by atoms with van der Waals surface area (Å²) < 4.78 is 0. The van der Waals surface area contributed by atoms with Crippen LogP contribution in [0.2, 0.25) is 0 Å². The maximum Gasteiger partial charge on any atom is 0.0715 e. The van der Waals surface area contributed by atoms with Crippen LogP contribution in [0, 0.1) is 6.92 Å². The van der Waals surface area contributed by atoms with Crippen molar-refractivity contribution in [2.45, 2.75) is 25.9 Å². The van der Waals surface area contributed by atoms with E-state index in [1.54, 1.807) is 0 Å². The van der Waals surface area contributed by atoms with Crippen molar-refractivity contribution in [1.82, 2.24) is 4.98 Å². The number of anilines is 1. The second-order valence-corrected chi connectivity index (χ2v) is 3.90. The van der Waals surface area contributed by atoms with Gasteiger partial charge in [-0.15, -0.1) is 0 Å². The molecule has 1 aromatic rings. The highest BCUT2D eigenvalue weighted by Gasteiger charge is 2.17. The van der Waals surface area contributed by atoms with Crippen molar-refractivity contribution in [3.05, 3.63) is 24.0 Å². The van der Waals surface area contributed by atoms with Crippen molar-refractivity contribution in [2.24, 2.45) is 0 Å². The molecule has 3 heteroatoms. The van der Waals surface area contributed by atoms with E-state index in [0.717, 1.165) is 37.3 Å². The van der Waals surface area contributed by atoms with Crippen LogP contribution in [-0.2, 0) is 0 Å². The van der Waals surface area contributed by atoms with E-state index in [1.807, 2.05) is 19.2 Å². The number of aliphatic hydroxyl groups is 1. The van der Waals surface area contributed by atoms with Crippen molar-refractivity contribution in [3.8, 4) is 0 Å². The maximum absolute atomic E-state index is 9.53. The molecule has 0 saturated carbocycles. The average Bonchev–Trinajstić information content (AvgIpc) is 2.19. The predicted octanol–water partition coefficient (Wildman–Crippen LogP) is 1.35. The van der Waals surface area contributed by atoms with E-state index >= 15 is 0 Å². The molecule has 1 unspecified atom stereocenters. The normalized spacial score (nSPS) is 22.4. The van der Waals surface area contributed by atoms with Gasteiger partial charge in [0.05, 0.1) is 18.0 Å². The highest BCUT2D eigenvalue weighted by molar-refractivity contribution is 5.44. The molecule has 0 spiro atoms. The Labute approximate surface area is 84.4 Å². The Morgan fingerprint density at radius 2 is 2.36 bits per heavy atom. The van der Waals surface area contributed by atoms with E-state index < -0.39 is 0 Å². The van der Waals surface area contributed by atoms with Gasteiger partial charge in [0.1, 0.15) is 0 Å². The molecule has 1 fully saturated rings. The number of aryl methyl sites for hydroxylation is 1. The van der Waals surface area contributed by atoms with Gasteiger partial charge in [-0.2, -0.15) is 0 Å². The molecule has 76 valence electrons. The average molecular weight is 192 g/mol. The number of piperidine rings is 1. The van der Waals surface area contributed by atoms with Crippen LogP contribution in [0.5, 0.6) is 0 Å². The summed E-state index contributed by atoms with van der Waals surface area (Å²) in [5.74, 6) is 0. The molecule has 3 nitrogen and oxygen atoms in total. The molecule has 2 rings (SSSR count). The van der Waals surface area contributed by atoms with Gasteiger partial charge in [0.2, 0.25) is 0 Å². The molecule has 0 radical (unpaired) electrons. The summed E-state index contributed by atoms with van der Waals surface area (Å²) in [5, 5.41) is 9.53. The third-order valence-electron chi connectivity index (χ3n) is 2.66. The number of nitrogens with zero attached hydrogens (tertiary/aromatic N) is 2. The molecule has 2 heterocycles. The van der Waals surface area contributed by atoms with Crippen LogP contribution in [0.25, 0.3) is 0 Å². The molecule has 0 aromatic carbocycles. The number of aromatic nitrogens is 1. The van der Waals surface area contributed by atoms with Crippen LogP contribution in [0.3, 0.4) is 0 Å². The third-order valence-corrected chi connectivity index (χ3v) is 2.66. The van der Waals surface area contributed by atoms with Gasteiger partial charge in [-0.25, -0.2) is 0 Å². The quantitative estimate of drug-likeness (QED) is 0.729. The van der Waals surface area contributed by atoms with Crippen molar-refractivity contribution in [3.63, 3.8) is 0 Å². The molecular weight excluding hydrogens is 176 g/mol. The first-order chi connectivity index (χ1) is 6.75. The standard InChI is InChI=1S/C11H16N2O/c1-9-4-5-10(7-12-9)13-6-2-3-11(14)8-13/h4-5,7,11,14H,2-3,6,8H2,1H3. The molecule has 1 N–H and O–H groups in total. The summed E-state index contributed by atoms with van der Waals surface area (Å²) in [7, 11) is 0. The summed E-state index contributed by atoms with van der Waals surface area (Å²) in [4.78, 5) is 6.45. The molecule has 1 aliphatic rings. The summed E-state index contributed by atoms with van der Waals surface area (Å²) in [6, 6.07) is 4.08. The molecule has 0 aliphatic carbocycles. The van der Waals surface area contributed by atoms with E-state index in [-0.39, 0.29) is 6.10 Å². The minimum atomic E-state index is -0.176. The van der Waals surface area contributed by atoms with Gasteiger partial charge in [0.25, 0.3) is 0 Å². The topological polar surface area (TPSA) is 36.4 Å². The Morgan fingerprint density at radius 1 is 1.50 bits per heavy atom. The monoisotopic (exact) mass is 192 g/mol. The summed E-state index contributed by atoms with van der Waals surface area (Å²) >= 11 is 0. The first-order valence-electron chi connectivity index (χ1n) is 5.11. The minimum absolute atomic E-state index is 0.176. The lowest BCUT2D eigenvalue weighted by molar-refractivity contribution is 0.154. The molecule has 14 heavy (non-hydrogen) atoms. The molecule has 0 bridgehead atoms. The number of aliphatic hydroxyl groups excluding tert-OH is 1. The predicted molar refractivity (Wildman–Crippen MR) is 56.4 cm³/mol. The van der Waals surface area contributed by atoms with E-state index in [1.165, 1.54) is 0 Å². The fourth-order valence-corrected chi connectivity index (χ4v) is 1.84. The zero-order chi connectivity index (χ0) is 9.97. The minimum Gasteiger partial charge on any atom is -0.391 e. The zero-order valence-corrected chi connectivity index (χ0v) is 8.48. The number of rotatable bonds is 1. The van der Waals surface area contributed by atoms with Crippen molar-refractivity contribution >= 4 is 5.69 Å². The molecule has 1 aliphatic heterocycles. The number of hydrogen-bond acceptors (Lipinski definition) is 3. The smallest absolute Gasteiger partial charge is 0.0715 e. The third kappa shape index (κ3) is 2.04. The van der Waals surface area contributed by atoms with Gasteiger partial charge >= 0.3 is 0 Å². The summed E-state index contributed by atoms with van der Waals surface area (Å²) in [6.45, 7) is 3.75. The Balaban J connectivity index is 2.10. The van der Waals surface area contributed by atoms with Gasteiger partial charge in [-0.3, -0.25) is 4.98 Å². The lowest BCUT2D eigenvalue weighted by Gasteiger charge is -2.31. The van der Waals surface area contributed by atoms with Crippen LogP contribution < -0.4 is 4.90 Å². The maximum atomic E-state index is 9.53. The summed E-state index contributed by atoms with van der Waals surface area (Å²) in [6.07, 6.45) is 3.70. The van der Waals surface area contributed by atoms with Gasteiger partial charge < -0.3 is 10.0 Å². The largest absolute Gasteiger partial charge is 0.391 e. The van der Waals surface area contributed by atoms with Crippen LogP contribution in [-0.4, -0.2) is 29.3 Å². The second kappa shape index (κ2) is 3.96. The first-order valence-corrected chi connectivity index (χ1v) is 5.11. The SMILES string of the molecule is Cc1ccc(N2CCCC(O)C2)cn1. The van der Waals surface area contributed by atoms with E-state index in [0.29, 0.717) is 0 Å². The van der Waals surface area contributed by atoms with E-state index in [9.17, 15) is 5.11 Å². The van der Waals surface area contributed by atoms with Crippen LogP contribution in [0.15, 0.2) is 18.3 Å². The second-order valence-electron chi connectivity index (χ2n) is 3.90. The van der Waals surface area contributed by atoms with Crippen LogP contribution in [0.1, 0.15) is 18.5 Å². The molecule has 0 amide bonds. The zero-order valence-electron chi connectivity index (χ0n) is 8.48. The lowest BCUT2D eigenvalue weighted by Crippen LogP contribution is -2.38.